The smallest absolute Gasteiger partial charge is 0.407 e. The monoisotopic (exact) mass is 561 g/mol. The van der Waals surface area contributed by atoms with Gasteiger partial charge in [0.15, 0.2) is 0 Å². The Balaban J connectivity index is 1.44. The molecule has 210 valence electrons. The van der Waals surface area contributed by atoms with Crippen LogP contribution in [-0.2, 0) is 0 Å². The molecular weight excluding hydrogens is 526 g/mol. The zero-order valence-corrected chi connectivity index (χ0v) is 24.1. The molecule has 2 N–H and O–H groups in total. The molecule has 1 amide bonds. The summed E-state index contributed by atoms with van der Waals surface area (Å²) in [5.41, 5.74) is 2.23. The molecular formula is C30H35N5O4S. The second-order valence-corrected chi connectivity index (χ2v) is 12.0. The number of nitrogens with zero attached hydrogens (tertiary/aromatic N) is 4. The van der Waals surface area contributed by atoms with Crippen LogP contribution >= 0.6 is 11.3 Å². The van der Waals surface area contributed by atoms with Crippen LogP contribution in [0.5, 0.6) is 11.5 Å². The molecule has 1 aliphatic rings. The molecule has 1 aliphatic heterocycles. The second kappa shape index (κ2) is 11.7. The molecule has 1 saturated heterocycles. The number of hydrogen-bond acceptors (Lipinski definition) is 8. The van der Waals surface area contributed by atoms with Crippen molar-refractivity contribution in [2.75, 3.05) is 18.5 Å². The summed E-state index contributed by atoms with van der Waals surface area (Å²) in [4.78, 5) is 27.3. The van der Waals surface area contributed by atoms with Crippen LogP contribution in [0.1, 0.15) is 47.0 Å². The van der Waals surface area contributed by atoms with E-state index in [9.17, 15) is 9.90 Å². The minimum atomic E-state index is -0.883. The Morgan fingerprint density at radius 2 is 2.08 bits per heavy atom. The van der Waals surface area contributed by atoms with Crippen molar-refractivity contribution < 1.29 is 19.4 Å². The minimum absolute atomic E-state index is 0.138. The lowest BCUT2D eigenvalue weighted by Gasteiger charge is -2.44. The van der Waals surface area contributed by atoms with E-state index in [1.807, 2.05) is 41.8 Å². The molecule has 9 nitrogen and oxygen atoms in total. The van der Waals surface area contributed by atoms with Crippen LogP contribution in [0.4, 0.5) is 16.4 Å². The Hall–Kier alpha value is -3.92. The number of anilines is 2. The van der Waals surface area contributed by atoms with E-state index in [2.05, 4.69) is 43.0 Å². The third-order valence-electron chi connectivity index (χ3n) is 7.00. The summed E-state index contributed by atoms with van der Waals surface area (Å²) in [6, 6.07) is 11.5. The van der Waals surface area contributed by atoms with Gasteiger partial charge in [-0.3, -0.25) is 0 Å². The van der Waals surface area contributed by atoms with E-state index in [0.717, 1.165) is 39.3 Å². The first kappa shape index (κ1) is 27.6. The number of carboxylic acid groups (broad SMARTS) is 1. The Kier molecular flexibility index (Phi) is 8.07. The molecule has 4 aromatic rings. The molecule has 40 heavy (non-hydrogen) atoms. The lowest BCUT2D eigenvalue weighted by atomic mass is 9.80. The maximum absolute atomic E-state index is 11.9. The molecule has 0 spiro atoms. The Bertz CT molecular complexity index is 1470. The van der Waals surface area contributed by atoms with Crippen molar-refractivity contribution >= 4 is 40.0 Å². The van der Waals surface area contributed by atoms with Crippen molar-refractivity contribution in [3.63, 3.8) is 0 Å². The van der Waals surface area contributed by atoms with E-state index < -0.39 is 6.09 Å². The number of fused-ring (bicyclic) bond motifs is 1. The van der Waals surface area contributed by atoms with Gasteiger partial charge in [0.05, 0.1) is 17.7 Å². The maximum atomic E-state index is 11.9. The van der Waals surface area contributed by atoms with Crippen molar-refractivity contribution in [3.8, 4) is 22.1 Å². The highest BCUT2D eigenvalue weighted by Crippen LogP contribution is 2.39. The van der Waals surface area contributed by atoms with Crippen LogP contribution in [0.15, 0.2) is 54.2 Å². The summed E-state index contributed by atoms with van der Waals surface area (Å²) >= 11 is 1.54. The van der Waals surface area contributed by atoms with Crippen LogP contribution < -0.4 is 14.8 Å². The molecule has 2 aromatic heterocycles. The predicted molar refractivity (Wildman–Crippen MR) is 158 cm³/mol. The number of piperidine rings is 1. The van der Waals surface area contributed by atoms with Gasteiger partial charge in [0.1, 0.15) is 22.6 Å². The fourth-order valence-electron chi connectivity index (χ4n) is 5.02. The zero-order valence-electron chi connectivity index (χ0n) is 23.3. The van der Waals surface area contributed by atoms with Crippen LogP contribution in [-0.4, -0.2) is 56.3 Å². The SMILES string of the molecule is CCCOc1cccc(Nc2ncc3cc(-c4nccs4)c(OC4CCN(C(=O)O)C(C(C)(C)C)C4)cc3n2)c1. The molecule has 2 atom stereocenters. The second-order valence-electron chi connectivity index (χ2n) is 11.1. The zero-order chi connectivity index (χ0) is 28.3. The van der Waals surface area contributed by atoms with Gasteiger partial charge in [0.2, 0.25) is 5.95 Å². The van der Waals surface area contributed by atoms with Gasteiger partial charge in [-0.15, -0.1) is 11.3 Å². The van der Waals surface area contributed by atoms with Gasteiger partial charge in [-0.1, -0.05) is 33.8 Å². The Labute approximate surface area is 238 Å². The first-order valence-electron chi connectivity index (χ1n) is 13.6. The van der Waals surface area contributed by atoms with Crippen molar-refractivity contribution in [3.05, 3.63) is 54.2 Å². The van der Waals surface area contributed by atoms with Gasteiger partial charge in [-0.05, 0) is 30.0 Å². The van der Waals surface area contributed by atoms with Gasteiger partial charge in [-0.2, -0.15) is 0 Å². The van der Waals surface area contributed by atoms with E-state index in [4.69, 9.17) is 14.5 Å². The molecule has 0 saturated carbocycles. The number of amides is 1. The molecule has 3 heterocycles. The third-order valence-corrected chi connectivity index (χ3v) is 7.81. The highest BCUT2D eigenvalue weighted by molar-refractivity contribution is 7.13. The standard InChI is InChI=1S/C30H35N5O4S/c1-5-12-38-21-8-6-7-20(15-21)33-28-32-18-19-14-23(27-31-10-13-40-27)25(17-24(19)34-28)39-22-9-11-35(29(36)37)26(16-22)30(2,3)4/h6-8,10,13-15,17-18,22,26H,5,9,11-12,16H2,1-4H3,(H,36,37)(H,32,33,34). The predicted octanol–water partition coefficient (Wildman–Crippen LogP) is 7.22. The van der Waals surface area contributed by atoms with Crippen LogP contribution in [0.2, 0.25) is 0 Å². The fourth-order valence-corrected chi connectivity index (χ4v) is 5.68. The average molecular weight is 562 g/mol. The quantitative estimate of drug-likeness (QED) is 0.232. The fraction of sp³-hybridized carbons (Fsp3) is 0.400. The summed E-state index contributed by atoms with van der Waals surface area (Å²) in [5.74, 6) is 1.94. The van der Waals surface area contributed by atoms with E-state index in [1.165, 1.54) is 11.3 Å². The maximum Gasteiger partial charge on any atom is 0.407 e. The summed E-state index contributed by atoms with van der Waals surface area (Å²) in [7, 11) is 0. The lowest BCUT2D eigenvalue weighted by Crippen LogP contribution is -2.53. The Morgan fingerprint density at radius 3 is 2.80 bits per heavy atom. The third kappa shape index (κ3) is 6.28. The molecule has 0 aliphatic carbocycles. The molecule has 1 fully saturated rings. The van der Waals surface area contributed by atoms with Gasteiger partial charge >= 0.3 is 6.09 Å². The first-order chi connectivity index (χ1) is 19.2. The van der Waals surface area contributed by atoms with Crippen molar-refractivity contribution in [2.45, 2.75) is 59.1 Å². The van der Waals surface area contributed by atoms with E-state index in [1.54, 1.807) is 17.3 Å². The number of carbonyl (C=O) groups is 1. The average Bonchev–Trinajstić information content (AvgIpc) is 3.46. The van der Waals surface area contributed by atoms with Gasteiger partial charge in [-0.25, -0.2) is 19.7 Å². The van der Waals surface area contributed by atoms with Crippen molar-refractivity contribution in [1.29, 1.82) is 0 Å². The summed E-state index contributed by atoms with van der Waals surface area (Å²) < 4.78 is 12.4. The number of aromatic nitrogens is 3. The number of nitrogens with one attached hydrogen (secondary N) is 1. The highest BCUT2D eigenvalue weighted by Gasteiger charge is 2.39. The largest absolute Gasteiger partial charge is 0.494 e. The number of likely N-dealkylation sites (tertiary alicyclic amines) is 1. The molecule has 5 rings (SSSR count). The minimum Gasteiger partial charge on any atom is -0.494 e. The van der Waals surface area contributed by atoms with E-state index >= 15 is 0 Å². The summed E-state index contributed by atoms with van der Waals surface area (Å²) in [6.45, 7) is 9.38. The van der Waals surface area contributed by atoms with Gasteiger partial charge in [0.25, 0.3) is 0 Å². The highest BCUT2D eigenvalue weighted by atomic mass is 32.1. The topological polar surface area (TPSA) is 110 Å². The molecule has 10 heteroatoms. The molecule has 0 bridgehead atoms. The number of thiazole rings is 1. The number of rotatable bonds is 8. The number of hydrogen-bond donors (Lipinski definition) is 2. The van der Waals surface area contributed by atoms with Crippen LogP contribution in [0, 0.1) is 5.41 Å². The first-order valence-corrected chi connectivity index (χ1v) is 14.5. The summed E-state index contributed by atoms with van der Waals surface area (Å²) in [6.07, 6.45) is 4.71. The van der Waals surface area contributed by atoms with Crippen molar-refractivity contribution in [1.82, 2.24) is 19.9 Å². The molecule has 2 unspecified atom stereocenters. The number of benzene rings is 2. The summed E-state index contributed by atoms with van der Waals surface area (Å²) in [5, 5.41) is 16.7. The van der Waals surface area contributed by atoms with Gasteiger partial charge in [0, 0.05) is 66.4 Å². The van der Waals surface area contributed by atoms with E-state index in [-0.39, 0.29) is 17.6 Å². The van der Waals surface area contributed by atoms with Gasteiger partial charge < -0.3 is 24.8 Å². The Morgan fingerprint density at radius 1 is 1.23 bits per heavy atom. The molecule has 2 aromatic carbocycles. The normalized spacial score (nSPS) is 17.6. The van der Waals surface area contributed by atoms with Crippen molar-refractivity contribution in [2.24, 2.45) is 5.41 Å². The number of ether oxygens (including phenoxy) is 2. The lowest BCUT2D eigenvalue weighted by molar-refractivity contribution is 0.0132. The molecule has 0 radical (unpaired) electrons. The van der Waals surface area contributed by atoms with Crippen LogP contribution in [0.25, 0.3) is 21.5 Å². The van der Waals surface area contributed by atoms with E-state index in [0.29, 0.717) is 37.7 Å². The van der Waals surface area contributed by atoms with Crippen LogP contribution in [0.3, 0.4) is 0 Å².